The number of hydrogen-bond acceptors (Lipinski definition) is 6. The predicted octanol–water partition coefficient (Wildman–Crippen LogP) is 1.61. The summed E-state index contributed by atoms with van der Waals surface area (Å²) in [5, 5.41) is 11.9. The number of carbonyl (C=O) groups is 3. The van der Waals surface area contributed by atoms with Crippen molar-refractivity contribution in [2.24, 2.45) is 5.92 Å². The maximum Gasteiger partial charge on any atom is 0.308 e. The minimum atomic E-state index is -4.06. The van der Waals surface area contributed by atoms with Crippen LogP contribution in [0.3, 0.4) is 0 Å². The number of hydrogen-bond donors (Lipinski definition) is 2. The minimum Gasteiger partial charge on any atom is -0.481 e. The summed E-state index contributed by atoms with van der Waals surface area (Å²) in [6, 6.07) is 12.3. The van der Waals surface area contributed by atoms with Crippen LogP contribution in [0.5, 0.6) is 5.75 Å². The van der Waals surface area contributed by atoms with Gasteiger partial charge in [0.1, 0.15) is 5.75 Å². The first-order chi connectivity index (χ1) is 16.2. The van der Waals surface area contributed by atoms with Gasteiger partial charge in [0.05, 0.1) is 23.0 Å². The van der Waals surface area contributed by atoms with Gasteiger partial charge in [-0.3, -0.25) is 18.7 Å². The summed E-state index contributed by atoms with van der Waals surface area (Å²) in [5.41, 5.74) is 0.747. The summed E-state index contributed by atoms with van der Waals surface area (Å²) in [6.45, 7) is 2.20. The van der Waals surface area contributed by atoms with Gasteiger partial charge in [-0.15, -0.1) is 0 Å². The van der Waals surface area contributed by atoms with Crippen molar-refractivity contribution in [2.75, 3.05) is 28.8 Å². The molecule has 2 aliphatic heterocycles. The van der Waals surface area contributed by atoms with Crippen molar-refractivity contribution in [1.82, 2.24) is 5.32 Å². The highest BCUT2D eigenvalue weighted by molar-refractivity contribution is 7.92. The monoisotopic (exact) mass is 487 g/mol. The Hall–Kier alpha value is -3.60. The van der Waals surface area contributed by atoms with Crippen LogP contribution in [-0.4, -0.2) is 57.0 Å². The van der Waals surface area contributed by atoms with Crippen LogP contribution in [0, 0.1) is 5.92 Å². The number of nitrogens with one attached hydrogen (secondary N) is 1. The van der Waals surface area contributed by atoms with Gasteiger partial charge in [0, 0.05) is 25.2 Å². The zero-order valence-electron chi connectivity index (χ0n) is 18.5. The Morgan fingerprint density at radius 2 is 1.82 bits per heavy atom. The molecular weight excluding hydrogens is 462 g/mol. The number of aliphatic carboxylic acids is 1. The lowest BCUT2D eigenvalue weighted by atomic mass is 10.1. The number of rotatable bonds is 7. The van der Waals surface area contributed by atoms with E-state index in [-0.39, 0.29) is 36.1 Å². The van der Waals surface area contributed by atoms with Crippen molar-refractivity contribution >= 4 is 39.2 Å². The average Bonchev–Trinajstić information content (AvgIpc) is 3.23. The first-order valence-electron chi connectivity index (χ1n) is 10.9. The van der Waals surface area contributed by atoms with Gasteiger partial charge in [-0.1, -0.05) is 19.1 Å². The van der Waals surface area contributed by atoms with E-state index in [2.05, 4.69) is 5.32 Å². The Morgan fingerprint density at radius 1 is 1.12 bits per heavy atom. The molecular formula is C23H25N3O7S. The van der Waals surface area contributed by atoms with Gasteiger partial charge in [-0.2, -0.15) is 0 Å². The third-order valence-corrected chi connectivity index (χ3v) is 7.58. The second kappa shape index (κ2) is 9.34. The van der Waals surface area contributed by atoms with E-state index in [1.807, 2.05) is 6.92 Å². The zero-order valence-corrected chi connectivity index (χ0v) is 19.3. The number of carboxylic acids is 1. The molecule has 2 heterocycles. The van der Waals surface area contributed by atoms with Gasteiger partial charge in [0.25, 0.3) is 15.9 Å². The van der Waals surface area contributed by atoms with Crippen LogP contribution in [0.15, 0.2) is 53.4 Å². The van der Waals surface area contributed by atoms with Crippen LogP contribution < -0.4 is 19.3 Å². The molecule has 1 saturated heterocycles. The Balaban J connectivity index is 1.61. The number of benzene rings is 2. The van der Waals surface area contributed by atoms with E-state index in [0.717, 1.165) is 10.7 Å². The van der Waals surface area contributed by atoms with E-state index in [0.29, 0.717) is 17.9 Å². The lowest BCUT2D eigenvalue weighted by Crippen LogP contribution is -2.50. The maximum atomic E-state index is 13.6. The van der Waals surface area contributed by atoms with Crippen molar-refractivity contribution in [2.45, 2.75) is 30.8 Å². The maximum absolute atomic E-state index is 13.6. The number of fused-ring (bicyclic) bond motifs is 1. The van der Waals surface area contributed by atoms with Gasteiger partial charge in [-0.05, 0) is 42.8 Å². The summed E-state index contributed by atoms with van der Waals surface area (Å²) >= 11 is 0. The normalized spacial score (nSPS) is 20.0. The summed E-state index contributed by atoms with van der Waals surface area (Å²) < 4.78 is 34.0. The number of anilines is 2. The molecule has 0 spiro atoms. The zero-order chi connectivity index (χ0) is 24.5. The molecule has 0 aliphatic carbocycles. The van der Waals surface area contributed by atoms with Crippen LogP contribution in [0.1, 0.15) is 19.8 Å². The smallest absolute Gasteiger partial charge is 0.308 e. The van der Waals surface area contributed by atoms with Crippen LogP contribution in [0.25, 0.3) is 0 Å². The number of carbonyl (C=O) groups excluding carboxylic acids is 2. The van der Waals surface area contributed by atoms with Crippen molar-refractivity contribution in [3.05, 3.63) is 48.5 Å². The molecule has 1 fully saturated rings. The molecule has 2 aliphatic rings. The van der Waals surface area contributed by atoms with E-state index in [9.17, 15) is 27.9 Å². The van der Waals surface area contributed by atoms with Gasteiger partial charge in [0.2, 0.25) is 5.91 Å². The van der Waals surface area contributed by atoms with Gasteiger partial charge in [0.15, 0.2) is 6.10 Å². The lowest BCUT2D eigenvalue weighted by Gasteiger charge is -2.34. The molecule has 10 nitrogen and oxygen atoms in total. The standard InChI is InChI=1S/C23H25N3O7S/c1-2-11-24-22(28)20-14-26(18-5-3-4-6-19(18)33-20)34(31,32)17-9-7-16(8-10-17)25-13-15(23(29)30)12-21(25)27/h3-10,15,20H,2,11-14H2,1H3,(H,24,28)(H,29,30). The van der Waals surface area contributed by atoms with Crippen LogP contribution in [0.2, 0.25) is 0 Å². The summed E-state index contributed by atoms with van der Waals surface area (Å²) in [4.78, 5) is 37.3. The first kappa shape index (κ1) is 23.6. The highest BCUT2D eigenvalue weighted by atomic mass is 32.2. The van der Waals surface area contributed by atoms with Crippen molar-refractivity contribution < 1.29 is 32.6 Å². The van der Waals surface area contributed by atoms with E-state index in [1.54, 1.807) is 24.3 Å². The van der Waals surface area contributed by atoms with Gasteiger partial charge in [-0.25, -0.2) is 8.42 Å². The Morgan fingerprint density at radius 3 is 2.47 bits per heavy atom. The third kappa shape index (κ3) is 4.43. The summed E-state index contributed by atoms with van der Waals surface area (Å²) in [6.07, 6.45) is -0.372. The lowest BCUT2D eigenvalue weighted by molar-refractivity contribution is -0.141. The topological polar surface area (TPSA) is 133 Å². The number of para-hydroxylation sites is 2. The van der Waals surface area contributed by atoms with E-state index in [4.69, 9.17) is 4.74 Å². The molecule has 0 bridgehead atoms. The highest BCUT2D eigenvalue weighted by Crippen LogP contribution is 2.37. The minimum absolute atomic E-state index is 0.0258. The number of amides is 2. The van der Waals surface area contributed by atoms with E-state index >= 15 is 0 Å². The van der Waals surface area contributed by atoms with E-state index in [1.165, 1.54) is 29.2 Å². The predicted molar refractivity (Wildman–Crippen MR) is 123 cm³/mol. The summed E-state index contributed by atoms with van der Waals surface area (Å²) in [7, 11) is -4.06. The SMILES string of the molecule is CCCNC(=O)C1CN(S(=O)(=O)c2ccc(N3CC(C(=O)O)CC3=O)cc2)c2ccccc2O1. The average molecular weight is 488 g/mol. The Kier molecular flexibility index (Phi) is 6.47. The molecule has 2 aromatic carbocycles. The van der Waals surface area contributed by atoms with Crippen LogP contribution in [0.4, 0.5) is 11.4 Å². The first-order valence-corrected chi connectivity index (χ1v) is 12.4. The van der Waals surface area contributed by atoms with Crippen LogP contribution >= 0.6 is 0 Å². The number of carboxylic acid groups (broad SMARTS) is 1. The largest absolute Gasteiger partial charge is 0.481 e. The van der Waals surface area contributed by atoms with E-state index < -0.39 is 33.9 Å². The van der Waals surface area contributed by atoms with Crippen molar-refractivity contribution in [1.29, 1.82) is 0 Å². The van der Waals surface area contributed by atoms with Gasteiger partial charge >= 0.3 is 5.97 Å². The Labute approximate surface area is 197 Å². The molecule has 11 heteroatoms. The number of nitrogens with zero attached hydrogens (tertiary/aromatic N) is 2. The van der Waals surface area contributed by atoms with Gasteiger partial charge < -0.3 is 20.1 Å². The summed E-state index contributed by atoms with van der Waals surface area (Å²) in [5.74, 6) is -2.28. The quantitative estimate of drug-likeness (QED) is 0.606. The fraction of sp³-hybridized carbons (Fsp3) is 0.348. The molecule has 180 valence electrons. The molecule has 2 aromatic rings. The molecule has 2 amide bonds. The third-order valence-electron chi connectivity index (χ3n) is 5.79. The Bertz CT molecular complexity index is 1210. The number of ether oxygens (including phenoxy) is 1. The molecule has 0 saturated carbocycles. The van der Waals surface area contributed by atoms with Crippen molar-refractivity contribution in [3.8, 4) is 5.75 Å². The number of sulfonamides is 1. The fourth-order valence-corrected chi connectivity index (χ4v) is 5.45. The second-order valence-electron chi connectivity index (χ2n) is 8.14. The molecule has 0 radical (unpaired) electrons. The molecule has 4 rings (SSSR count). The fourth-order valence-electron chi connectivity index (χ4n) is 3.98. The molecule has 2 atom stereocenters. The van der Waals surface area contributed by atoms with Crippen LogP contribution in [-0.2, 0) is 24.4 Å². The molecule has 2 N–H and O–H groups in total. The van der Waals surface area contributed by atoms with Crippen molar-refractivity contribution in [3.63, 3.8) is 0 Å². The molecule has 34 heavy (non-hydrogen) atoms. The molecule has 2 unspecified atom stereocenters. The highest BCUT2D eigenvalue weighted by Gasteiger charge is 2.38. The second-order valence-corrected chi connectivity index (χ2v) is 10.0. The molecule has 0 aromatic heterocycles.